The zero-order valence-corrected chi connectivity index (χ0v) is 13.7. The summed E-state index contributed by atoms with van der Waals surface area (Å²) in [4.78, 5) is 26.6. The largest absolute Gasteiger partial charge is 0.455 e. The molecule has 2 heterocycles. The second-order valence-corrected chi connectivity index (χ2v) is 6.19. The third-order valence-electron chi connectivity index (χ3n) is 4.55. The molecular formula is C17H24N2O4. The number of fused-ring (bicyclic) bond motifs is 1. The topological polar surface area (TPSA) is 71.8 Å². The lowest BCUT2D eigenvalue weighted by molar-refractivity contribution is 0.0374. The number of nitrogens with one attached hydrogen (secondary N) is 1. The van der Waals surface area contributed by atoms with E-state index in [0.29, 0.717) is 35.6 Å². The predicted octanol–water partition coefficient (Wildman–Crippen LogP) is 1.56. The average molecular weight is 320 g/mol. The van der Waals surface area contributed by atoms with Crippen LogP contribution < -0.4 is 5.32 Å². The van der Waals surface area contributed by atoms with Gasteiger partial charge in [0.15, 0.2) is 11.5 Å². The second kappa shape index (κ2) is 7.27. The van der Waals surface area contributed by atoms with Gasteiger partial charge in [0.25, 0.3) is 5.91 Å². The Labute approximate surface area is 136 Å². The van der Waals surface area contributed by atoms with Gasteiger partial charge in [0.05, 0.1) is 18.8 Å². The van der Waals surface area contributed by atoms with Crippen LogP contribution >= 0.6 is 0 Å². The fourth-order valence-electron chi connectivity index (χ4n) is 3.27. The van der Waals surface area contributed by atoms with Gasteiger partial charge in [0, 0.05) is 38.0 Å². The number of morpholine rings is 1. The maximum atomic E-state index is 12.3. The molecule has 0 aromatic carbocycles. The van der Waals surface area contributed by atoms with Gasteiger partial charge in [0.2, 0.25) is 0 Å². The third kappa shape index (κ3) is 3.64. The van der Waals surface area contributed by atoms with Crippen molar-refractivity contribution in [2.75, 3.05) is 39.4 Å². The van der Waals surface area contributed by atoms with Gasteiger partial charge in [-0.25, -0.2) is 0 Å². The van der Waals surface area contributed by atoms with Crippen molar-refractivity contribution in [3.05, 3.63) is 22.6 Å². The van der Waals surface area contributed by atoms with Crippen LogP contribution in [0.15, 0.2) is 4.42 Å². The van der Waals surface area contributed by atoms with Gasteiger partial charge in [-0.3, -0.25) is 14.5 Å². The highest BCUT2D eigenvalue weighted by Gasteiger charge is 2.28. The first-order valence-electron chi connectivity index (χ1n) is 8.40. The molecule has 0 bridgehead atoms. The van der Waals surface area contributed by atoms with E-state index in [1.807, 2.05) is 0 Å². The summed E-state index contributed by atoms with van der Waals surface area (Å²) in [6.07, 6.45) is 2.99. The molecule has 0 atom stereocenters. The Bertz CT molecular complexity index is 588. The van der Waals surface area contributed by atoms with Gasteiger partial charge in [-0.15, -0.1) is 0 Å². The fourth-order valence-corrected chi connectivity index (χ4v) is 3.27. The van der Waals surface area contributed by atoms with Crippen molar-refractivity contribution >= 4 is 11.7 Å². The quantitative estimate of drug-likeness (QED) is 0.834. The van der Waals surface area contributed by atoms with Crippen molar-refractivity contribution < 1.29 is 18.7 Å². The van der Waals surface area contributed by atoms with Crippen LogP contribution in [-0.4, -0.2) is 56.0 Å². The fraction of sp³-hybridized carbons (Fsp3) is 0.647. The normalized spacial score (nSPS) is 18.7. The Balaban J connectivity index is 1.51. The minimum Gasteiger partial charge on any atom is -0.455 e. The Hall–Kier alpha value is -1.66. The summed E-state index contributed by atoms with van der Waals surface area (Å²) in [6, 6.07) is 0. The molecule has 2 aliphatic rings. The first-order chi connectivity index (χ1) is 11.2. The average Bonchev–Trinajstić information content (AvgIpc) is 2.91. The van der Waals surface area contributed by atoms with E-state index in [1.54, 1.807) is 6.92 Å². The second-order valence-electron chi connectivity index (χ2n) is 6.19. The van der Waals surface area contributed by atoms with E-state index in [0.717, 1.165) is 52.1 Å². The molecule has 126 valence electrons. The number of Topliss-reactive ketones (excluding diaryl/α,β-unsaturated/α-hetero) is 1. The summed E-state index contributed by atoms with van der Waals surface area (Å²) in [5.41, 5.74) is 1.32. The van der Waals surface area contributed by atoms with E-state index in [4.69, 9.17) is 9.15 Å². The molecule has 0 spiro atoms. The minimum absolute atomic E-state index is 0.0962. The van der Waals surface area contributed by atoms with Crippen LogP contribution in [0.1, 0.15) is 51.5 Å². The van der Waals surface area contributed by atoms with Gasteiger partial charge in [-0.05, 0) is 26.3 Å². The minimum atomic E-state index is -0.216. The monoisotopic (exact) mass is 320 g/mol. The van der Waals surface area contributed by atoms with E-state index < -0.39 is 0 Å². The molecule has 1 N–H and O–H groups in total. The molecule has 23 heavy (non-hydrogen) atoms. The standard InChI is InChI=1S/C17H24N2O4/c1-12-15-13(20)4-2-5-14(15)23-16(12)17(21)18-6-3-7-19-8-10-22-11-9-19/h2-11H2,1H3,(H,18,21). The van der Waals surface area contributed by atoms with Crippen LogP contribution in [-0.2, 0) is 11.2 Å². The van der Waals surface area contributed by atoms with Crippen molar-refractivity contribution in [2.24, 2.45) is 0 Å². The SMILES string of the molecule is Cc1c(C(=O)NCCCN2CCOCC2)oc2c1C(=O)CCC2. The van der Waals surface area contributed by atoms with Gasteiger partial charge in [0.1, 0.15) is 5.76 Å². The molecule has 1 aliphatic heterocycles. The van der Waals surface area contributed by atoms with Crippen LogP contribution in [0.3, 0.4) is 0 Å². The van der Waals surface area contributed by atoms with Crippen molar-refractivity contribution in [1.29, 1.82) is 0 Å². The highest BCUT2D eigenvalue weighted by atomic mass is 16.5. The molecule has 0 radical (unpaired) electrons. The molecule has 1 fully saturated rings. The number of rotatable bonds is 5. The van der Waals surface area contributed by atoms with Crippen LogP contribution in [0.2, 0.25) is 0 Å². The van der Waals surface area contributed by atoms with E-state index in [2.05, 4.69) is 10.2 Å². The molecule has 3 rings (SSSR count). The summed E-state index contributed by atoms with van der Waals surface area (Å²) in [5.74, 6) is 0.861. The van der Waals surface area contributed by atoms with Crippen molar-refractivity contribution in [3.63, 3.8) is 0 Å². The molecule has 6 heteroatoms. The molecule has 1 aliphatic carbocycles. The number of carbonyl (C=O) groups excluding carboxylic acids is 2. The number of ether oxygens (including phenoxy) is 1. The highest BCUT2D eigenvalue weighted by molar-refractivity contribution is 6.03. The Morgan fingerprint density at radius 1 is 1.26 bits per heavy atom. The molecule has 1 saturated heterocycles. The Kier molecular flexibility index (Phi) is 5.13. The molecule has 1 amide bonds. The smallest absolute Gasteiger partial charge is 0.287 e. The van der Waals surface area contributed by atoms with Gasteiger partial charge in [-0.2, -0.15) is 0 Å². The summed E-state index contributed by atoms with van der Waals surface area (Å²) in [5, 5.41) is 2.90. The van der Waals surface area contributed by atoms with E-state index in [1.165, 1.54) is 0 Å². The first kappa shape index (κ1) is 16.2. The molecule has 1 aromatic heterocycles. The third-order valence-corrected chi connectivity index (χ3v) is 4.55. The number of hydrogen-bond donors (Lipinski definition) is 1. The molecule has 1 aromatic rings. The van der Waals surface area contributed by atoms with Crippen LogP contribution in [0.25, 0.3) is 0 Å². The number of furan rings is 1. The zero-order valence-electron chi connectivity index (χ0n) is 13.7. The molecule has 6 nitrogen and oxygen atoms in total. The van der Waals surface area contributed by atoms with Gasteiger partial charge in [-0.1, -0.05) is 0 Å². The zero-order chi connectivity index (χ0) is 16.2. The number of aryl methyl sites for hydroxylation is 1. The van der Waals surface area contributed by atoms with Gasteiger partial charge < -0.3 is 14.5 Å². The van der Waals surface area contributed by atoms with E-state index in [-0.39, 0.29) is 11.7 Å². The number of carbonyl (C=O) groups is 2. The Morgan fingerprint density at radius 2 is 2.04 bits per heavy atom. The first-order valence-corrected chi connectivity index (χ1v) is 8.40. The lowest BCUT2D eigenvalue weighted by atomic mass is 9.94. The van der Waals surface area contributed by atoms with Gasteiger partial charge >= 0.3 is 0 Å². The highest BCUT2D eigenvalue weighted by Crippen LogP contribution is 2.29. The molecular weight excluding hydrogens is 296 g/mol. The maximum absolute atomic E-state index is 12.3. The van der Waals surface area contributed by atoms with Crippen molar-refractivity contribution in [2.45, 2.75) is 32.6 Å². The number of nitrogens with zero attached hydrogens (tertiary/aromatic N) is 1. The number of ketones is 1. The van der Waals surface area contributed by atoms with Crippen LogP contribution in [0.5, 0.6) is 0 Å². The maximum Gasteiger partial charge on any atom is 0.287 e. The Morgan fingerprint density at radius 3 is 2.78 bits per heavy atom. The molecule has 0 unspecified atom stereocenters. The number of amides is 1. The van der Waals surface area contributed by atoms with Crippen molar-refractivity contribution in [1.82, 2.24) is 10.2 Å². The summed E-state index contributed by atoms with van der Waals surface area (Å²) in [7, 11) is 0. The van der Waals surface area contributed by atoms with E-state index >= 15 is 0 Å². The summed E-state index contributed by atoms with van der Waals surface area (Å²) in [6.45, 7) is 6.86. The lowest BCUT2D eigenvalue weighted by Crippen LogP contribution is -2.38. The van der Waals surface area contributed by atoms with Crippen LogP contribution in [0.4, 0.5) is 0 Å². The number of hydrogen-bond acceptors (Lipinski definition) is 5. The van der Waals surface area contributed by atoms with Crippen LogP contribution in [0, 0.1) is 6.92 Å². The molecule has 0 saturated carbocycles. The predicted molar refractivity (Wildman–Crippen MR) is 84.9 cm³/mol. The lowest BCUT2D eigenvalue weighted by Gasteiger charge is -2.26. The van der Waals surface area contributed by atoms with Crippen molar-refractivity contribution in [3.8, 4) is 0 Å². The van der Waals surface area contributed by atoms with E-state index in [9.17, 15) is 9.59 Å². The summed E-state index contributed by atoms with van der Waals surface area (Å²) < 4.78 is 11.0. The summed E-state index contributed by atoms with van der Waals surface area (Å²) >= 11 is 0.